The SMILES string of the molecule is CC1Cc2c(CNC(C)(C)C)noc2-c2ccccc21. The van der Waals surface area contributed by atoms with Gasteiger partial charge < -0.3 is 9.84 Å². The van der Waals surface area contributed by atoms with Crippen molar-refractivity contribution in [3.63, 3.8) is 0 Å². The largest absolute Gasteiger partial charge is 0.356 e. The van der Waals surface area contributed by atoms with Crippen LogP contribution in [0.5, 0.6) is 0 Å². The molecule has 0 saturated heterocycles. The maximum Gasteiger partial charge on any atom is 0.170 e. The smallest absolute Gasteiger partial charge is 0.170 e. The summed E-state index contributed by atoms with van der Waals surface area (Å²) in [5.74, 6) is 1.48. The first kappa shape index (κ1) is 13.4. The second-order valence-electron chi connectivity index (χ2n) is 6.73. The number of hydrogen-bond acceptors (Lipinski definition) is 3. The minimum Gasteiger partial charge on any atom is -0.356 e. The van der Waals surface area contributed by atoms with E-state index >= 15 is 0 Å². The van der Waals surface area contributed by atoms with E-state index in [9.17, 15) is 0 Å². The summed E-state index contributed by atoms with van der Waals surface area (Å²) >= 11 is 0. The predicted molar refractivity (Wildman–Crippen MR) is 80.7 cm³/mol. The van der Waals surface area contributed by atoms with E-state index in [1.165, 1.54) is 16.7 Å². The Morgan fingerprint density at radius 3 is 2.80 bits per heavy atom. The lowest BCUT2D eigenvalue weighted by Crippen LogP contribution is -2.35. The highest BCUT2D eigenvalue weighted by Crippen LogP contribution is 2.40. The molecule has 0 radical (unpaired) electrons. The third-order valence-corrected chi connectivity index (χ3v) is 3.90. The van der Waals surface area contributed by atoms with E-state index in [0.29, 0.717) is 5.92 Å². The first-order chi connectivity index (χ1) is 9.46. The molecule has 2 aromatic rings. The first-order valence-electron chi connectivity index (χ1n) is 7.27. The highest BCUT2D eigenvalue weighted by molar-refractivity contribution is 5.69. The Kier molecular flexibility index (Phi) is 3.17. The van der Waals surface area contributed by atoms with Gasteiger partial charge in [0.1, 0.15) is 5.69 Å². The maximum absolute atomic E-state index is 5.64. The second kappa shape index (κ2) is 4.74. The van der Waals surface area contributed by atoms with E-state index in [0.717, 1.165) is 24.4 Å². The molecule has 1 aliphatic carbocycles. The van der Waals surface area contributed by atoms with Crippen molar-refractivity contribution < 1.29 is 4.52 Å². The van der Waals surface area contributed by atoms with Crippen molar-refractivity contribution in [1.29, 1.82) is 0 Å². The number of aromatic nitrogens is 1. The Labute approximate surface area is 120 Å². The number of nitrogens with zero attached hydrogens (tertiary/aromatic N) is 1. The fourth-order valence-corrected chi connectivity index (χ4v) is 2.80. The molecule has 1 N–H and O–H groups in total. The molecule has 1 unspecified atom stereocenters. The zero-order valence-electron chi connectivity index (χ0n) is 12.7. The van der Waals surface area contributed by atoms with Crippen molar-refractivity contribution >= 4 is 0 Å². The summed E-state index contributed by atoms with van der Waals surface area (Å²) in [4.78, 5) is 0. The van der Waals surface area contributed by atoms with Gasteiger partial charge in [-0.2, -0.15) is 0 Å². The summed E-state index contributed by atoms with van der Waals surface area (Å²) in [6.07, 6.45) is 1.01. The average Bonchev–Trinajstić information content (AvgIpc) is 2.79. The van der Waals surface area contributed by atoms with Crippen LogP contribution in [-0.2, 0) is 13.0 Å². The normalized spacial score (nSPS) is 17.7. The number of benzene rings is 1. The third kappa shape index (κ3) is 2.38. The third-order valence-electron chi connectivity index (χ3n) is 3.90. The lowest BCUT2D eigenvalue weighted by atomic mass is 9.82. The lowest BCUT2D eigenvalue weighted by Gasteiger charge is -2.23. The summed E-state index contributed by atoms with van der Waals surface area (Å²) < 4.78 is 5.64. The van der Waals surface area contributed by atoms with E-state index in [1.807, 2.05) is 0 Å². The van der Waals surface area contributed by atoms with Gasteiger partial charge in [-0.25, -0.2) is 0 Å². The van der Waals surface area contributed by atoms with Gasteiger partial charge in [-0.1, -0.05) is 36.3 Å². The first-order valence-corrected chi connectivity index (χ1v) is 7.27. The van der Waals surface area contributed by atoms with Crippen LogP contribution in [0.2, 0.25) is 0 Å². The van der Waals surface area contributed by atoms with Crippen molar-refractivity contribution in [2.75, 3.05) is 0 Å². The zero-order chi connectivity index (χ0) is 14.3. The monoisotopic (exact) mass is 270 g/mol. The van der Waals surface area contributed by atoms with E-state index in [4.69, 9.17) is 4.52 Å². The standard InChI is InChI=1S/C17H22N2O/c1-11-9-14-15(10-18-17(2,3)4)19-20-16(14)13-8-6-5-7-12(11)13/h5-8,11,18H,9-10H2,1-4H3. The predicted octanol–water partition coefficient (Wildman–Crippen LogP) is 3.89. The molecule has 0 spiro atoms. The van der Waals surface area contributed by atoms with Crippen molar-refractivity contribution in [1.82, 2.24) is 10.5 Å². The van der Waals surface area contributed by atoms with Crippen LogP contribution in [0.25, 0.3) is 11.3 Å². The van der Waals surface area contributed by atoms with Crippen molar-refractivity contribution in [2.45, 2.75) is 52.1 Å². The summed E-state index contributed by atoms with van der Waals surface area (Å²) in [5, 5.41) is 7.79. The van der Waals surface area contributed by atoms with Crippen LogP contribution in [0, 0.1) is 0 Å². The summed E-state index contributed by atoms with van der Waals surface area (Å²) in [7, 11) is 0. The van der Waals surface area contributed by atoms with Crippen LogP contribution in [0.3, 0.4) is 0 Å². The van der Waals surface area contributed by atoms with Gasteiger partial charge in [-0.15, -0.1) is 0 Å². The molecule has 0 aliphatic heterocycles. The lowest BCUT2D eigenvalue weighted by molar-refractivity contribution is 0.392. The van der Waals surface area contributed by atoms with Gasteiger partial charge in [0.25, 0.3) is 0 Å². The molecular formula is C17H22N2O. The highest BCUT2D eigenvalue weighted by atomic mass is 16.5. The number of rotatable bonds is 2. The molecule has 0 bridgehead atoms. The Balaban J connectivity index is 1.96. The van der Waals surface area contributed by atoms with Gasteiger partial charge in [0, 0.05) is 23.2 Å². The molecule has 0 saturated carbocycles. The average molecular weight is 270 g/mol. The molecule has 3 heteroatoms. The molecule has 0 fully saturated rings. The molecule has 1 heterocycles. The van der Waals surface area contributed by atoms with Crippen molar-refractivity contribution in [3.8, 4) is 11.3 Å². The van der Waals surface area contributed by atoms with Crippen LogP contribution in [0.1, 0.15) is 50.4 Å². The minimum atomic E-state index is 0.0873. The van der Waals surface area contributed by atoms with Crippen LogP contribution in [0.4, 0.5) is 0 Å². The molecule has 1 aliphatic rings. The quantitative estimate of drug-likeness (QED) is 0.899. The van der Waals surface area contributed by atoms with Crippen LogP contribution in [0.15, 0.2) is 28.8 Å². The molecule has 1 aromatic carbocycles. The fraction of sp³-hybridized carbons (Fsp3) is 0.471. The zero-order valence-corrected chi connectivity index (χ0v) is 12.7. The summed E-state index contributed by atoms with van der Waals surface area (Å²) in [5.41, 5.74) is 4.98. The molecule has 0 amide bonds. The van der Waals surface area contributed by atoms with Gasteiger partial charge in [0.2, 0.25) is 0 Å². The molecule has 1 atom stereocenters. The van der Waals surface area contributed by atoms with Gasteiger partial charge in [-0.05, 0) is 38.7 Å². The molecule has 3 nitrogen and oxygen atoms in total. The van der Waals surface area contributed by atoms with Gasteiger partial charge in [0.05, 0.1) is 0 Å². The number of fused-ring (bicyclic) bond motifs is 3. The van der Waals surface area contributed by atoms with Gasteiger partial charge in [0.15, 0.2) is 5.76 Å². The van der Waals surface area contributed by atoms with Gasteiger partial charge >= 0.3 is 0 Å². The van der Waals surface area contributed by atoms with Gasteiger partial charge in [-0.3, -0.25) is 0 Å². The molecule has 20 heavy (non-hydrogen) atoms. The molecular weight excluding hydrogens is 248 g/mol. The van der Waals surface area contributed by atoms with E-state index < -0.39 is 0 Å². The fourth-order valence-electron chi connectivity index (χ4n) is 2.80. The van der Waals surface area contributed by atoms with Crippen molar-refractivity contribution in [3.05, 3.63) is 41.1 Å². The Morgan fingerprint density at radius 2 is 2.05 bits per heavy atom. The summed E-state index contributed by atoms with van der Waals surface area (Å²) in [6, 6.07) is 8.49. The molecule has 1 aromatic heterocycles. The topological polar surface area (TPSA) is 38.1 Å². The van der Waals surface area contributed by atoms with Crippen LogP contribution >= 0.6 is 0 Å². The van der Waals surface area contributed by atoms with Crippen LogP contribution in [-0.4, -0.2) is 10.7 Å². The van der Waals surface area contributed by atoms with E-state index in [-0.39, 0.29) is 5.54 Å². The highest BCUT2D eigenvalue weighted by Gasteiger charge is 2.28. The second-order valence-corrected chi connectivity index (χ2v) is 6.73. The Hall–Kier alpha value is -1.61. The Bertz CT molecular complexity index is 622. The van der Waals surface area contributed by atoms with E-state index in [1.54, 1.807) is 0 Å². The van der Waals surface area contributed by atoms with Crippen LogP contribution < -0.4 is 5.32 Å². The number of nitrogens with one attached hydrogen (secondary N) is 1. The summed E-state index contributed by atoms with van der Waals surface area (Å²) in [6.45, 7) is 9.53. The Morgan fingerprint density at radius 1 is 1.30 bits per heavy atom. The molecule has 106 valence electrons. The maximum atomic E-state index is 5.64. The number of hydrogen-bond donors (Lipinski definition) is 1. The minimum absolute atomic E-state index is 0.0873. The van der Waals surface area contributed by atoms with E-state index in [2.05, 4.69) is 62.4 Å². The van der Waals surface area contributed by atoms with Crippen molar-refractivity contribution in [2.24, 2.45) is 0 Å². The molecule has 3 rings (SSSR count).